The third kappa shape index (κ3) is 3.16. The molecule has 1 nitrogen and oxygen atoms in total. The molecule has 1 saturated carbocycles. The van der Waals surface area contributed by atoms with Crippen LogP contribution in [0.2, 0.25) is 5.02 Å². The van der Waals surface area contributed by atoms with E-state index in [0.29, 0.717) is 6.04 Å². The van der Waals surface area contributed by atoms with Crippen LogP contribution in [0.25, 0.3) is 0 Å². The Bertz CT molecular complexity index is 375. The molecule has 1 aliphatic rings. The maximum atomic E-state index is 6.16. The number of halogens is 1. The van der Waals surface area contributed by atoms with Gasteiger partial charge in [0.15, 0.2) is 0 Å². The Morgan fingerprint density at radius 2 is 2.06 bits per heavy atom. The first kappa shape index (κ1) is 12.8. The molecule has 0 spiro atoms. The van der Waals surface area contributed by atoms with E-state index in [0.717, 1.165) is 16.5 Å². The lowest BCUT2D eigenvalue weighted by atomic mass is 9.83. The predicted molar refractivity (Wildman–Crippen MR) is 75.8 cm³/mol. The van der Waals surface area contributed by atoms with E-state index in [1.807, 2.05) is 6.92 Å². The number of aryl methyl sites for hydroxylation is 1. The Balaban J connectivity index is 2.05. The minimum Gasteiger partial charge on any atom is -0.382 e. The number of anilines is 1. The smallest absolute Gasteiger partial charge is 0.0455 e. The predicted octanol–water partition coefficient (Wildman–Crippen LogP) is 5.03. The van der Waals surface area contributed by atoms with Crippen LogP contribution in [0.4, 0.5) is 5.69 Å². The fraction of sp³-hybridized carbons (Fsp3) is 0.600. The van der Waals surface area contributed by atoms with E-state index in [2.05, 4.69) is 30.4 Å². The highest BCUT2D eigenvalue weighted by molar-refractivity contribution is 6.31. The Morgan fingerprint density at radius 3 is 2.76 bits per heavy atom. The van der Waals surface area contributed by atoms with Crippen molar-refractivity contribution in [3.8, 4) is 0 Å². The molecule has 2 heteroatoms. The first-order valence-corrected chi connectivity index (χ1v) is 7.11. The van der Waals surface area contributed by atoms with Crippen molar-refractivity contribution in [2.75, 3.05) is 5.32 Å². The van der Waals surface area contributed by atoms with Crippen molar-refractivity contribution in [3.05, 3.63) is 28.8 Å². The fourth-order valence-electron chi connectivity index (χ4n) is 2.78. The van der Waals surface area contributed by atoms with Crippen molar-refractivity contribution in [1.29, 1.82) is 0 Å². The van der Waals surface area contributed by atoms with Crippen LogP contribution in [0, 0.1) is 12.8 Å². The van der Waals surface area contributed by atoms with Gasteiger partial charge in [0.2, 0.25) is 0 Å². The summed E-state index contributed by atoms with van der Waals surface area (Å²) in [7, 11) is 0. The van der Waals surface area contributed by atoms with Gasteiger partial charge >= 0.3 is 0 Å². The van der Waals surface area contributed by atoms with Gasteiger partial charge < -0.3 is 5.32 Å². The van der Waals surface area contributed by atoms with Crippen LogP contribution in [-0.4, -0.2) is 6.04 Å². The minimum absolute atomic E-state index is 0.632. The van der Waals surface area contributed by atoms with E-state index < -0.39 is 0 Å². The van der Waals surface area contributed by atoms with Crippen LogP contribution >= 0.6 is 11.6 Å². The topological polar surface area (TPSA) is 12.0 Å². The Kier molecular flexibility index (Phi) is 4.33. The van der Waals surface area contributed by atoms with Crippen LogP contribution in [0.5, 0.6) is 0 Å². The quantitative estimate of drug-likeness (QED) is 0.795. The second kappa shape index (κ2) is 5.77. The second-order valence-electron chi connectivity index (χ2n) is 5.17. The minimum atomic E-state index is 0.632. The van der Waals surface area contributed by atoms with Crippen LogP contribution in [-0.2, 0) is 0 Å². The summed E-state index contributed by atoms with van der Waals surface area (Å²) < 4.78 is 0. The summed E-state index contributed by atoms with van der Waals surface area (Å²) in [5, 5.41) is 4.53. The molecule has 0 aromatic heterocycles. The van der Waals surface area contributed by atoms with Gasteiger partial charge in [0, 0.05) is 16.8 Å². The molecule has 1 aromatic carbocycles. The molecule has 1 fully saturated rings. The number of benzene rings is 1. The fourth-order valence-corrected chi connectivity index (χ4v) is 2.96. The molecule has 2 rings (SSSR count). The van der Waals surface area contributed by atoms with Gasteiger partial charge in [0.05, 0.1) is 0 Å². The molecule has 2 unspecified atom stereocenters. The number of rotatable bonds is 3. The van der Waals surface area contributed by atoms with Gasteiger partial charge in [0.25, 0.3) is 0 Å². The lowest BCUT2D eigenvalue weighted by Crippen LogP contribution is -2.31. The number of hydrogen-bond donors (Lipinski definition) is 1. The zero-order valence-corrected chi connectivity index (χ0v) is 11.6. The van der Waals surface area contributed by atoms with Gasteiger partial charge in [-0.15, -0.1) is 0 Å². The van der Waals surface area contributed by atoms with Gasteiger partial charge in [-0.3, -0.25) is 0 Å². The van der Waals surface area contributed by atoms with Gasteiger partial charge in [-0.05, 0) is 43.4 Å². The summed E-state index contributed by atoms with van der Waals surface area (Å²) in [6, 6.07) is 6.92. The van der Waals surface area contributed by atoms with Crippen molar-refractivity contribution in [3.63, 3.8) is 0 Å². The van der Waals surface area contributed by atoms with Crippen molar-refractivity contribution in [2.45, 2.75) is 52.0 Å². The summed E-state index contributed by atoms with van der Waals surface area (Å²) in [5.74, 6) is 0.823. The van der Waals surface area contributed by atoms with E-state index >= 15 is 0 Å². The molecule has 0 bridgehead atoms. The van der Waals surface area contributed by atoms with Crippen LogP contribution in [0.3, 0.4) is 0 Å². The third-order valence-electron chi connectivity index (χ3n) is 3.96. The highest BCUT2D eigenvalue weighted by Crippen LogP contribution is 2.30. The van der Waals surface area contributed by atoms with E-state index in [1.54, 1.807) is 0 Å². The number of nitrogens with one attached hydrogen (secondary N) is 1. The molecule has 0 amide bonds. The average molecular weight is 252 g/mol. The van der Waals surface area contributed by atoms with Crippen molar-refractivity contribution >= 4 is 17.3 Å². The highest BCUT2D eigenvalue weighted by Gasteiger charge is 2.23. The molecule has 0 radical (unpaired) electrons. The molecule has 0 aliphatic heterocycles. The van der Waals surface area contributed by atoms with Crippen LogP contribution < -0.4 is 5.32 Å². The van der Waals surface area contributed by atoms with E-state index in [9.17, 15) is 0 Å². The largest absolute Gasteiger partial charge is 0.382 e. The summed E-state index contributed by atoms with van der Waals surface area (Å²) in [4.78, 5) is 0. The van der Waals surface area contributed by atoms with Crippen molar-refractivity contribution in [2.24, 2.45) is 5.92 Å². The first-order chi connectivity index (χ1) is 8.20. The summed E-state index contributed by atoms with van der Waals surface area (Å²) in [5.41, 5.74) is 2.32. The molecule has 94 valence electrons. The van der Waals surface area contributed by atoms with Crippen LogP contribution in [0.1, 0.15) is 44.6 Å². The van der Waals surface area contributed by atoms with Gasteiger partial charge in [-0.1, -0.05) is 43.9 Å². The van der Waals surface area contributed by atoms with Gasteiger partial charge in [0.1, 0.15) is 0 Å². The lowest BCUT2D eigenvalue weighted by Gasteiger charge is -2.32. The molecular formula is C15H22ClN. The summed E-state index contributed by atoms with van der Waals surface area (Å²) >= 11 is 6.16. The molecule has 2 atom stereocenters. The van der Waals surface area contributed by atoms with E-state index in [-0.39, 0.29) is 0 Å². The third-order valence-corrected chi connectivity index (χ3v) is 4.36. The van der Waals surface area contributed by atoms with Gasteiger partial charge in [-0.2, -0.15) is 0 Å². The molecule has 0 saturated heterocycles. The standard InChI is InChI=1S/C15H22ClN/c1-3-12-6-4-5-7-15(12)17-13-9-8-11(2)14(16)10-13/h8-10,12,15,17H,3-7H2,1-2H3. The Hall–Kier alpha value is -0.690. The zero-order chi connectivity index (χ0) is 12.3. The first-order valence-electron chi connectivity index (χ1n) is 6.73. The Morgan fingerprint density at radius 1 is 1.29 bits per heavy atom. The maximum absolute atomic E-state index is 6.16. The average Bonchev–Trinajstić information content (AvgIpc) is 2.34. The second-order valence-corrected chi connectivity index (χ2v) is 5.57. The van der Waals surface area contributed by atoms with E-state index in [1.165, 1.54) is 37.8 Å². The van der Waals surface area contributed by atoms with Gasteiger partial charge in [-0.25, -0.2) is 0 Å². The maximum Gasteiger partial charge on any atom is 0.0455 e. The monoisotopic (exact) mass is 251 g/mol. The summed E-state index contributed by atoms with van der Waals surface area (Å²) in [6.07, 6.45) is 6.69. The van der Waals surface area contributed by atoms with Crippen molar-refractivity contribution < 1.29 is 0 Å². The molecule has 1 aliphatic carbocycles. The molecule has 0 heterocycles. The Labute approximate surface area is 110 Å². The van der Waals surface area contributed by atoms with Crippen LogP contribution in [0.15, 0.2) is 18.2 Å². The molecule has 1 N–H and O–H groups in total. The highest BCUT2D eigenvalue weighted by atomic mass is 35.5. The summed E-state index contributed by atoms with van der Waals surface area (Å²) in [6.45, 7) is 4.34. The normalized spacial score (nSPS) is 24.6. The lowest BCUT2D eigenvalue weighted by molar-refractivity contribution is 0.317. The van der Waals surface area contributed by atoms with Crippen molar-refractivity contribution in [1.82, 2.24) is 0 Å². The molecule has 17 heavy (non-hydrogen) atoms. The zero-order valence-electron chi connectivity index (χ0n) is 10.8. The SMILES string of the molecule is CCC1CCCCC1Nc1ccc(C)c(Cl)c1. The molecular weight excluding hydrogens is 230 g/mol. The van der Waals surface area contributed by atoms with E-state index in [4.69, 9.17) is 11.6 Å². The molecule has 1 aromatic rings. The number of hydrogen-bond acceptors (Lipinski definition) is 1.